The average Bonchev–Trinajstić information content (AvgIpc) is 4.15. The van der Waals surface area contributed by atoms with Gasteiger partial charge in [-0.25, -0.2) is 0 Å². The third-order valence-electron chi connectivity index (χ3n) is 12.4. The number of Topliss-reactive ketones (excluding diaryl/α,β-unsaturated/α-hetero) is 1. The van der Waals surface area contributed by atoms with Crippen LogP contribution >= 0.6 is 23.2 Å². The molecule has 0 amide bonds. The number of rotatable bonds is 9. The lowest BCUT2D eigenvalue weighted by Crippen LogP contribution is -2.15. The van der Waals surface area contributed by atoms with Crippen molar-refractivity contribution in [2.24, 2.45) is 26.8 Å². The van der Waals surface area contributed by atoms with E-state index in [1.165, 1.54) is 5.56 Å². The zero-order chi connectivity index (χ0) is 46.7. The molecule has 6 unspecified atom stereocenters. The fourth-order valence-electron chi connectivity index (χ4n) is 8.88. The first-order valence-electron chi connectivity index (χ1n) is 22.2. The number of non-ortho nitro benzene ring substituents is 1. The van der Waals surface area contributed by atoms with Gasteiger partial charge in [0.1, 0.15) is 5.78 Å². The maximum Gasteiger partial charge on any atom is 0.269 e. The molecule has 0 bridgehead atoms. The van der Waals surface area contributed by atoms with Gasteiger partial charge in [-0.15, -0.1) is 0 Å². The minimum Gasteiger partial charge on any atom is -0.300 e. The van der Waals surface area contributed by atoms with E-state index < -0.39 is 0 Å². The minimum absolute atomic E-state index is 0. The molecule has 0 N–H and O–H groups in total. The molecule has 7 aromatic rings. The van der Waals surface area contributed by atoms with Crippen molar-refractivity contribution in [3.63, 3.8) is 0 Å². The normalized spacial score (nSPS) is 19.5. The van der Waals surface area contributed by atoms with E-state index in [0.29, 0.717) is 16.5 Å². The molecule has 356 valence electrons. The molecule has 0 fully saturated rings. The number of halogens is 2. The summed E-state index contributed by atoms with van der Waals surface area (Å²) in [4.78, 5) is 37.1. The summed E-state index contributed by atoms with van der Waals surface area (Å²) in [5.41, 5.74) is 10.9. The Bertz CT molecular complexity index is 2920. The number of hydrogen-bond donors (Lipinski definition) is 0. The number of carbonyl (C=O) groups is 1. The summed E-state index contributed by atoms with van der Waals surface area (Å²) in [6.45, 7) is 1.67. The SMILES string of the molecule is C.C.C.CC(=O)C1CC(c2ccccc2)=NC1c1ccccc1.N#CC1CC(c2ccc(Cl)cc2)=NC1c1ccc(Cl)cc1.O=[N+]([O-])c1ccc(C2N=C(c3ccccc3)CC2c2ccccc2)cc1. The number of nitrogens with zero attached hydrogens (tertiary/aromatic N) is 5. The van der Waals surface area contributed by atoms with Crippen molar-refractivity contribution in [3.05, 3.63) is 253 Å². The van der Waals surface area contributed by atoms with Crippen molar-refractivity contribution < 1.29 is 9.72 Å². The molecule has 6 atom stereocenters. The highest BCUT2D eigenvalue weighted by molar-refractivity contribution is 6.31. The lowest BCUT2D eigenvalue weighted by atomic mass is 9.86. The van der Waals surface area contributed by atoms with E-state index in [9.17, 15) is 20.2 Å². The Kier molecular flexibility index (Phi) is 19.4. The predicted molar refractivity (Wildman–Crippen MR) is 290 cm³/mol. The predicted octanol–water partition coefficient (Wildman–Crippen LogP) is 16.1. The summed E-state index contributed by atoms with van der Waals surface area (Å²) < 4.78 is 0. The van der Waals surface area contributed by atoms with Gasteiger partial charge < -0.3 is 0 Å². The molecule has 10 heteroatoms. The van der Waals surface area contributed by atoms with Crippen LogP contribution < -0.4 is 0 Å². The van der Waals surface area contributed by atoms with Gasteiger partial charge in [0, 0.05) is 64.0 Å². The number of nitro benzene ring substituents is 1. The van der Waals surface area contributed by atoms with Crippen LogP contribution in [0, 0.1) is 33.3 Å². The molecule has 0 radical (unpaired) electrons. The first-order valence-corrected chi connectivity index (χ1v) is 23.0. The van der Waals surface area contributed by atoms with Gasteiger partial charge in [0.25, 0.3) is 5.69 Å². The number of hydrogen-bond acceptors (Lipinski definition) is 7. The second-order valence-corrected chi connectivity index (χ2v) is 17.6. The highest BCUT2D eigenvalue weighted by Gasteiger charge is 2.35. The van der Waals surface area contributed by atoms with Crippen LogP contribution in [-0.4, -0.2) is 27.8 Å². The highest BCUT2D eigenvalue weighted by atomic mass is 35.5. The Morgan fingerprint density at radius 1 is 0.514 bits per heavy atom. The standard InChI is InChI=1S/C22H18N2O2.C18H17NO.C17H12Cl2N2.3CH4/c25-24(26)19-13-11-18(12-14-19)22-20(16-7-3-1-4-8-16)15-21(23-22)17-9-5-2-6-10-17;1-13(20)16-12-17(14-8-4-2-5-9-14)19-18(16)15-10-6-3-7-11-15;18-14-5-1-11(2-6-14)16-9-13(10-20)17(21-16)12-3-7-15(19)8-4-12;;;/h1-14,20,22H,15H2;2-11,16,18H,12H2,1H3;1-8,13,17H,9H2;3*1H4. The van der Waals surface area contributed by atoms with Crippen LogP contribution in [0.15, 0.2) is 209 Å². The van der Waals surface area contributed by atoms with Crippen molar-refractivity contribution in [3.8, 4) is 6.07 Å². The summed E-state index contributed by atoms with van der Waals surface area (Å²) in [5.74, 6) is 0.269. The van der Waals surface area contributed by atoms with Crippen molar-refractivity contribution in [2.75, 3.05) is 0 Å². The number of ketones is 1. The second kappa shape index (κ2) is 25.3. The Morgan fingerprint density at radius 2 is 0.900 bits per heavy atom. The molecule has 7 aromatic carbocycles. The maximum atomic E-state index is 11.9. The average molecular weight is 969 g/mol. The Labute approximate surface area is 423 Å². The van der Waals surface area contributed by atoms with Crippen LogP contribution in [-0.2, 0) is 4.79 Å². The zero-order valence-corrected chi connectivity index (χ0v) is 38.3. The van der Waals surface area contributed by atoms with E-state index in [2.05, 4.69) is 54.6 Å². The fourth-order valence-corrected chi connectivity index (χ4v) is 9.13. The molecule has 0 saturated heterocycles. The van der Waals surface area contributed by atoms with Gasteiger partial charge in [0.2, 0.25) is 0 Å². The van der Waals surface area contributed by atoms with Gasteiger partial charge in [-0.2, -0.15) is 5.26 Å². The molecular formula is C60H59Cl2N5O3. The van der Waals surface area contributed by atoms with Crippen molar-refractivity contribution in [2.45, 2.75) is 72.5 Å². The van der Waals surface area contributed by atoms with Crippen LogP contribution in [0.2, 0.25) is 10.0 Å². The molecule has 0 spiro atoms. The highest BCUT2D eigenvalue weighted by Crippen LogP contribution is 2.44. The second-order valence-electron chi connectivity index (χ2n) is 16.7. The van der Waals surface area contributed by atoms with Crippen molar-refractivity contribution in [1.29, 1.82) is 5.26 Å². The van der Waals surface area contributed by atoms with Gasteiger partial charge in [-0.3, -0.25) is 29.9 Å². The minimum atomic E-state index is -0.369. The smallest absolute Gasteiger partial charge is 0.269 e. The molecule has 0 aromatic heterocycles. The van der Waals surface area contributed by atoms with Gasteiger partial charge in [-0.05, 0) is 76.6 Å². The van der Waals surface area contributed by atoms with E-state index in [0.717, 1.165) is 63.4 Å². The van der Waals surface area contributed by atoms with Crippen LogP contribution in [0.25, 0.3) is 0 Å². The zero-order valence-electron chi connectivity index (χ0n) is 36.8. The third-order valence-corrected chi connectivity index (χ3v) is 12.9. The number of nitriles is 1. The van der Waals surface area contributed by atoms with Crippen LogP contribution in [0.5, 0.6) is 0 Å². The van der Waals surface area contributed by atoms with Gasteiger partial charge in [0.15, 0.2) is 0 Å². The maximum absolute atomic E-state index is 11.9. The number of nitro groups is 1. The molecule has 70 heavy (non-hydrogen) atoms. The van der Waals surface area contributed by atoms with E-state index in [4.69, 9.17) is 38.2 Å². The number of benzene rings is 7. The number of aliphatic imine (C=N–C) groups is 3. The van der Waals surface area contributed by atoms with E-state index in [-0.39, 0.29) is 74.6 Å². The largest absolute Gasteiger partial charge is 0.300 e. The van der Waals surface area contributed by atoms with E-state index in [1.54, 1.807) is 19.1 Å². The van der Waals surface area contributed by atoms with E-state index >= 15 is 0 Å². The quantitative estimate of drug-likeness (QED) is 0.106. The Morgan fingerprint density at radius 3 is 1.40 bits per heavy atom. The van der Waals surface area contributed by atoms with Gasteiger partial charge >= 0.3 is 0 Å². The Balaban J connectivity index is 0.000000193. The molecule has 8 nitrogen and oxygen atoms in total. The molecule has 3 heterocycles. The monoisotopic (exact) mass is 967 g/mol. The van der Waals surface area contributed by atoms with Gasteiger partial charge in [0.05, 0.1) is 35.0 Å². The summed E-state index contributed by atoms with van der Waals surface area (Å²) >= 11 is 11.8. The lowest BCUT2D eigenvalue weighted by Gasteiger charge is -2.18. The third kappa shape index (κ3) is 13.1. The topological polar surface area (TPSA) is 121 Å². The first-order chi connectivity index (χ1) is 32.6. The number of carbonyl (C=O) groups excluding carboxylic acids is 1. The van der Waals surface area contributed by atoms with Gasteiger partial charge in [-0.1, -0.05) is 203 Å². The van der Waals surface area contributed by atoms with Crippen LogP contribution in [0.3, 0.4) is 0 Å². The lowest BCUT2D eigenvalue weighted by molar-refractivity contribution is -0.384. The van der Waals surface area contributed by atoms with Crippen LogP contribution in [0.4, 0.5) is 5.69 Å². The molecule has 0 saturated carbocycles. The molecule has 3 aliphatic rings. The summed E-state index contributed by atoms with van der Waals surface area (Å²) in [5, 5.41) is 21.7. The Hall–Kier alpha value is -7.31. The van der Waals surface area contributed by atoms with Crippen molar-refractivity contribution in [1.82, 2.24) is 0 Å². The van der Waals surface area contributed by atoms with Crippen LogP contribution in [0.1, 0.15) is 111 Å². The molecule has 10 rings (SSSR count). The summed E-state index contributed by atoms with van der Waals surface area (Å²) in [7, 11) is 0. The van der Waals surface area contributed by atoms with E-state index in [1.807, 2.05) is 133 Å². The summed E-state index contributed by atoms with van der Waals surface area (Å²) in [6, 6.07) is 64.9. The van der Waals surface area contributed by atoms with Crippen molar-refractivity contribution >= 4 is 51.8 Å². The first kappa shape index (κ1) is 53.6. The molecule has 0 aliphatic carbocycles. The fraction of sp³-hybridized carbons (Fsp3) is 0.217. The molecular weight excluding hydrogens is 910 g/mol. The summed E-state index contributed by atoms with van der Waals surface area (Å²) in [6.07, 6.45) is 2.25. The molecule has 3 aliphatic heterocycles.